The number of benzene rings is 1. The van der Waals surface area contributed by atoms with E-state index in [4.69, 9.17) is 10.5 Å². The molecule has 0 radical (unpaired) electrons. The van der Waals surface area contributed by atoms with Crippen molar-refractivity contribution < 1.29 is 4.74 Å². The number of nitrogens with two attached hydrogens (primary N) is 1. The average Bonchev–Trinajstić information content (AvgIpc) is 2.39. The Morgan fingerprint density at radius 1 is 1.35 bits per heavy atom. The molecule has 0 aliphatic carbocycles. The molecule has 1 aromatic carbocycles. The molecule has 0 heterocycles. The third-order valence-electron chi connectivity index (χ3n) is 3.16. The number of aryl methyl sites for hydroxylation is 1. The van der Waals surface area contributed by atoms with E-state index in [0.717, 1.165) is 37.4 Å². The molecule has 0 bridgehead atoms. The number of ether oxygens (including phenoxy) is 1. The van der Waals surface area contributed by atoms with Gasteiger partial charge < -0.3 is 15.8 Å². The second-order valence-corrected chi connectivity index (χ2v) is 4.28. The van der Waals surface area contributed by atoms with E-state index in [2.05, 4.69) is 31.3 Å². The topological polar surface area (TPSA) is 47.3 Å². The molecule has 0 fully saturated rings. The fourth-order valence-corrected chi connectivity index (χ4v) is 1.76. The second kappa shape index (κ2) is 7.17. The first-order valence-electron chi connectivity index (χ1n) is 6.35. The maximum atomic E-state index is 5.70. The van der Waals surface area contributed by atoms with Gasteiger partial charge >= 0.3 is 0 Å². The smallest absolute Gasteiger partial charge is 0.141 e. The van der Waals surface area contributed by atoms with Crippen molar-refractivity contribution in [1.29, 1.82) is 0 Å². The lowest BCUT2D eigenvalue weighted by Gasteiger charge is -2.17. The minimum Gasteiger partial charge on any atom is -0.495 e. The molecule has 0 saturated heterocycles. The molecule has 1 unspecified atom stereocenters. The predicted molar refractivity (Wildman–Crippen MR) is 73.7 cm³/mol. The summed E-state index contributed by atoms with van der Waals surface area (Å²) in [4.78, 5) is 0. The summed E-state index contributed by atoms with van der Waals surface area (Å²) in [5, 5.41) is 3.44. The molecule has 0 saturated carbocycles. The van der Waals surface area contributed by atoms with Crippen LogP contribution in [0.5, 0.6) is 5.75 Å². The normalized spacial score (nSPS) is 12.2. The standard InChI is InChI=1S/C14H24N2O/c1-4-11-6-7-14(17-3)13(8-11)16-10-12(5-2)9-15/h6-8,12,16H,4-5,9-10,15H2,1-3H3. The minimum absolute atomic E-state index is 0.519. The minimum atomic E-state index is 0.519. The number of anilines is 1. The highest BCUT2D eigenvalue weighted by atomic mass is 16.5. The lowest BCUT2D eigenvalue weighted by Crippen LogP contribution is -2.22. The second-order valence-electron chi connectivity index (χ2n) is 4.28. The Morgan fingerprint density at radius 3 is 2.65 bits per heavy atom. The maximum absolute atomic E-state index is 5.70. The summed E-state index contributed by atoms with van der Waals surface area (Å²) in [6, 6.07) is 6.27. The van der Waals surface area contributed by atoms with E-state index >= 15 is 0 Å². The van der Waals surface area contributed by atoms with Crippen LogP contribution >= 0.6 is 0 Å². The molecule has 17 heavy (non-hydrogen) atoms. The third-order valence-corrected chi connectivity index (χ3v) is 3.16. The molecule has 3 nitrogen and oxygen atoms in total. The molecule has 1 aromatic rings. The Kier molecular flexibility index (Phi) is 5.84. The van der Waals surface area contributed by atoms with Gasteiger partial charge in [0.2, 0.25) is 0 Å². The van der Waals surface area contributed by atoms with Gasteiger partial charge in [0.1, 0.15) is 5.75 Å². The molecule has 0 aromatic heterocycles. The first kappa shape index (κ1) is 13.8. The summed E-state index contributed by atoms with van der Waals surface area (Å²) >= 11 is 0. The molecule has 1 atom stereocenters. The van der Waals surface area contributed by atoms with Gasteiger partial charge in [-0.2, -0.15) is 0 Å². The van der Waals surface area contributed by atoms with Crippen molar-refractivity contribution in [2.45, 2.75) is 26.7 Å². The molecule has 3 N–H and O–H groups in total. The van der Waals surface area contributed by atoms with Crippen LogP contribution in [0.15, 0.2) is 18.2 Å². The monoisotopic (exact) mass is 236 g/mol. The summed E-state index contributed by atoms with van der Waals surface area (Å²) in [7, 11) is 1.70. The van der Waals surface area contributed by atoms with Crippen LogP contribution in [0.25, 0.3) is 0 Å². The Balaban J connectivity index is 2.73. The van der Waals surface area contributed by atoms with Crippen molar-refractivity contribution in [1.82, 2.24) is 0 Å². The van der Waals surface area contributed by atoms with Gasteiger partial charge in [-0.15, -0.1) is 0 Å². The molecule has 3 heteroatoms. The van der Waals surface area contributed by atoms with Crippen LogP contribution in [-0.4, -0.2) is 20.2 Å². The van der Waals surface area contributed by atoms with Crippen molar-refractivity contribution in [2.75, 3.05) is 25.5 Å². The van der Waals surface area contributed by atoms with Crippen molar-refractivity contribution in [3.63, 3.8) is 0 Å². The van der Waals surface area contributed by atoms with E-state index in [0.29, 0.717) is 5.92 Å². The van der Waals surface area contributed by atoms with Gasteiger partial charge in [0.15, 0.2) is 0 Å². The largest absolute Gasteiger partial charge is 0.495 e. The van der Waals surface area contributed by atoms with E-state index < -0.39 is 0 Å². The zero-order chi connectivity index (χ0) is 12.7. The highest BCUT2D eigenvalue weighted by Crippen LogP contribution is 2.26. The van der Waals surface area contributed by atoms with Crippen LogP contribution in [-0.2, 0) is 6.42 Å². The van der Waals surface area contributed by atoms with E-state index in [9.17, 15) is 0 Å². The summed E-state index contributed by atoms with van der Waals surface area (Å²) in [6.07, 6.45) is 2.13. The highest BCUT2D eigenvalue weighted by molar-refractivity contribution is 5.58. The van der Waals surface area contributed by atoms with Crippen LogP contribution < -0.4 is 15.8 Å². The first-order valence-corrected chi connectivity index (χ1v) is 6.35. The Bertz CT molecular complexity index is 335. The van der Waals surface area contributed by atoms with Crippen molar-refractivity contribution in [2.24, 2.45) is 11.7 Å². The van der Waals surface area contributed by atoms with Crippen molar-refractivity contribution >= 4 is 5.69 Å². The number of rotatable bonds is 7. The molecular formula is C14H24N2O. The van der Waals surface area contributed by atoms with Gasteiger partial charge in [0.05, 0.1) is 12.8 Å². The number of hydrogen-bond acceptors (Lipinski definition) is 3. The number of hydrogen-bond donors (Lipinski definition) is 2. The number of nitrogens with one attached hydrogen (secondary N) is 1. The average molecular weight is 236 g/mol. The highest BCUT2D eigenvalue weighted by Gasteiger charge is 2.07. The summed E-state index contributed by atoms with van der Waals surface area (Å²) in [6.45, 7) is 5.94. The van der Waals surface area contributed by atoms with Crippen LogP contribution in [0.1, 0.15) is 25.8 Å². The van der Waals surface area contributed by atoms with Gasteiger partial charge in [-0.05, 0) is 36.6 Å². The van der Waals surface area contributed by atoms with Crippen LogP contribution in [0.3, 0.4) is 0 Å². The fraction of sp³-hybridized carbons (Fsp3) is 0.571. The molecule has 0 amide bonds. The molecule has 96 valence electrons. The van der Waals surface area contributed by atoms with E-state index in [1.54, 1.807) is 7.11 Å². The van der Waals surface area contributed by atoms with Gasteiger partial charge in [-0.1, -0.05) is 26.3 Å². The molecule has 0 spiro atoms. The molecular weight excluding hydrogens is 212 g/mol. The molecule has 0 aliphatic heterocycles. The Labute approximate surface area is 104 Å². The van der Waals surface area contributed by atoms with Gasteiger partial charge in [-0.25, -0.2) is 0 Å². The quantitative estimate of drug-likeness (QED) is 0.765. The van der Waals surface area contributed by atoms with Gasteiger partial charge in [0.25, 0.3) is 0 Å². The van der Waals surface area contributed by atoms with Gasteiger partial charge in [-0.3, -0.25) is 0 Å². The maximum Gasteiger partial charge on any atom is 0.141 e. The predicted octanol–water partition coefficient (Wildman–Crippen LogP) is 2.65. The number of methoxy groups -OCH3 is 1. The van der Waals surface area contributed by atoms with Crippen LogP contribution in [0.4, 0.5) is 5.69 Å². The lowest BCUT2D eigenvalue weighted by atomic mass is 10.1. The summed E-state index contributed by atoms with van der Waals surface area (Å²) in [5.74, 6) is 1.42. The SMILES string of the molecule is CCc1ccc(OC)c(NCC(CC)CN)c1. The zero-order valence-electron chi connectivity index (χ0n) is 11.1. The first-order chi connectivity index (χ1) is 8.24. The fourth-order valence-electron chi connectivity index (χ4n) is 1.76. The zero-order valence-corrected chi connectivity index (χ0v) is 11.1. The third kappa shape index (κ3) is 3.93. The summed E-state index contributed by atoms with van der Waals surface area (Å²) < 4.78 is 5.35. The molecule has 0 aliphatic rings. The Morgan fingerprint density at radius 2 is 2.12 bits per heavy atom. The van der Waals surface area contributed by atoms with E-state index in [1.807, 2.05) is 6.07 Å². The lowest BCUT2D eigenvalue weighted by molar-refractivity contribution is 0.415. The van der Waals surface area contributed by atoms with Gasteiger partial charge in [0, 0.05) is 6.54 Å². The summed E-state index contributed by atoms with van der Waals surface area (Å²) in [5.41, 5.74) is 8.09. The van der Waals surface area contributed by atoms with Crippen molar-refractivity contribution in [3.05, 3.63) is 23.8 Å². The molecule has 1 rings (SSSR count). The van der Waals surface area contributed by atoms with Crippen LogP contribution in [0.2, 0.25) is 0 Å². The van der Waals surface area contributed by atoms with E-state index in [1.165, 1.54) is 5.56 Å². The van der Waals surface area contributed by atoms with Crippen molar-refractivity contribution in [3.8, 4) is 5.75 Å². The Hall–Kier alpha value is -1.22. The van der Waals surface area contributed by atoms with E-state index in [-0.39, 0.29) is 0 Å². The van der Waals surface area contributed by atoms with Crippen LogP contribution in [0, 0.1) is 5.92 Å².